The molecule has 0 saturated heterocycles. The molecular formula is HKO2Se. The van der Waals surface area contributed by atoms with Crippen molar-refractivity contribution in [1.82, 2.24) is 0 Å². The summed E-state index contributed by atoms with van der Waals surface area (Å²) in [6.45, 7) is 0. The summed E-state index contributed by atoms with van der Waals surface area (Å²) < 4.78 is 16.9. The zero-order chi connectivity index (χ0) is 2.71. The maximum Gasteiger partial charge on any atom is 1.00 e. The van der Waals surface area contributed by atoms with Crippen molar-refractivity contribution in [3.05, 3.63) is 0 Å². The van der Waals surface area contributed by atoms with Crippen LogP contribution < -0.4 is 51.4 Å². The fourth-order valence-electron chi connectivity index (χ4n) is 0. The van der Waals surface area contributed by atoms with Gasteiger partial charge in [-0.15, -0.1) is 0 Å². The van der Waals surface area contributed by atoms with E-state index in [1.807, 2.05) is 0 Å². The van der Waals surface area contributed by atoms with Gasteiger partial charge in [0.05, 0.1) is 0 Å². The number of hydrogen-bond donors (Lipinski definition) is 0. The van der Waals surface area contributed by atoms with Gasteiger partial charge in [0.15, 0.2) is 0 Å². The minimum Gasteiger partial charge on any atom is -1.00 e. The molecule has 0 radical (unpaired) electrons. The Balaban J connectivity index is -0.0000000200. The Morgan fingerprint density at radius 2 is 1.50 bits per heavy atom. The van der Waals surface area contributed by atoms with Gasteiger partial charge in [0.25, 0.3) is 0 Å². The van der Waals surface area contributed by atoms with Crippen molar-refractivity contribution < 1.29 is 60.5 Å². The van der Waals surface area contributed by atoms with Gasteiger partial charge in [0.1, 0.15) is 0 Å². The molecule has 0 unspecified atom stereocenters. The minimum atomic E-state index is -1.62. The van der Waals surface area contributed by atoms with E-state index in [-0.39, 0.29) is 52.8 Å². The summed E-state index contributed by atoms with van der Waals surface area (Å²) in [6.07, 6.45) is 0. The first kappa shape index (κ1) is 9.23. The first-order valence-electron chi connectivity index (χ1n) is 0.333. The maximum absolute atomic E-state index is 8.44. The standard InChI is InChI=1S/K.O2Se.H/c;1-3-2;/q+1;;-1. The van der Waals surface area contributed by atoms with Crippen LogP contribution in [0.1, 0.15) is 1.43 Å². The molecular weight excluding hydrogens is 150 g/mol. The van der Waals surface area contributed by atoms with Crippen molar-refractivity contribution in [3.8, 4) is 0 Å². The predicted molar refractivity (Wildman–Crippen MR) is 8.24 cm³/mol. The topological polar surface area (TPSA) is 34.1 Å². The molecule has 2 nitrogen and oxygen atoms in total. The van der Waals surface area contributed by atoms with Crippen LogP contribution in [0.25, 0.3) is 0 Å². The van der Waals surface area contributed by atoms with E-state index in [4.69, 9.17) is 7.67 Å². The van der Waals surface area contributed by atoms with Gasteiger partial charge in [-0.25, -0.2) is 0 Å². The van der Waals surface area contributed by atoms with E-state index in [9.17, 15) is 0 Å². The summed E-state index contributed by atoms with van der Waals surface area (Å²) >= 11 is -1.62. The molecule has 0 aliphatic rings. The van der Waals surface area contributed by atoms with Gasteiger partial charge in [-0.2, -0.15) is 0 Å². The van der Waals surface area contributed by atoms with E-state index in [2.05, 4.69) is 0 Å². The van der Waals surface area contributed by atoms with Crippen LogP contribution in [0.5, 0.6) is 0 Å². The molecule has 0 aromatic rings. The van der Waals surface area contributed by atoms with E-state index in [0.29, 0.717) is 0 Å². The van der Waals surface area contributed by atoms with E-state index < -0.39 is 14.8 Å². The van der Waals surface area contributed by atoms with Crippen LogP contribution in [-0.4, -0.2) is 14.8 Å². The summed E-state index contributed by atoms with van der Waals surface area (Å²) in [5, 5.41) is 0. The van der Waals surface area contributed by atoms with Gasteiger partial charge in [-0.05, 0) is 0 Å². The van der Waals surface area contributed by atoms with Crippen LogP contribution in [0.2, 0.25) is 0 Å². The molecule has 0 bridgehead atoms. The average Bonchev–Trinajstić information content (AvgIpc) is 0.918. The SMILES string of the molecule is O=[Se]=O.[H-].[K+]. The second kappa shape index (κ2) is 8.83. The summed E-state index contributed by atoms with van der Waals surface area (Å²) in [4.78, 5) is 0. The normalized spacial score (nSPS) is 3.00. The Kier molecular flexibility index (Phi) is 20.4. The number of hydrogen-bond acceptors (Lipinski definition) is 2. The van der Waals surface area contributed by atoms with Gasteiger partial charge >= 0.3 is 73.9 Å². The van der Waals surface area contributed by atoms with Crippen molar-refractivity contribution in [2.45, 2.75) is 0 Å². The molecule has 4 heavy (non-hydrogen) atoms. The molecule has 4 heteroatoms. The molecule has 0 rings (SSSR count). The fourth-order valence-corrected chi connectivity index (χ4v) is 0. The zero-order valence-corrected chi connectivity index (χ0v) is 7.06. The summed E-state index contributed by atoms with van der Waals surface area (Å²) in [7, 11) is 0. The smallest absolute Gasteiger partial charge is 1.00 e. The summed E-state index contributed by atoms with van der Waals surface area (Å²) in [6, 6.07) is 0. The van der Waals surface area contributed by atoms with Crippen LogP contribution in [0.15, 0.2) is 0 Å². The van der Waals surface area contributed by atoms with Crippen LogP contribution in [0.3, 0.4) is 0 Å². The van der Waals surface area contributed by atoms with Crippen LogP contribution in [0, 0.1) is 0 Å². The summed E-state index contributed by atoms with van der Waals surface area (Å²) in [5.74, 6) is 0. The van der Waals surface area contributed by atoms with Crippen molar-refractivity contribution in [2.24, 2.45) is 0 Å². The predicted octanol–water partition coefficient (Wildman–Crippen LogP) is -3.50. The van der Waals surface area contributed by atoms with Gasteiger partial charge in [-0.1, -0.05) is 0 Å². The van der Waals surface area contributed by atoms with Crippen molar-refractivity contribution in [2.75, 3.05) is 0 Å². The Morgan fingerprint density at radius 1 is 1.50 bits per heavy atom. The maximum atomic E-state index is 8.44. The number of rotatable bonds is 0. The Bertz CT molecular complexity index is 30.6. The zero-order valence-electron chi connectivity index (χ0n) is 3.22. The third kappa shape index (κ3) is 9.25. The molecule has 0 N–H and O–H groups in total. The van der Waals surface area contributed by atoms with E-state index >= 15 is 0 Å². The third-order valence-corrected chi connectivity index (χ3v) is 0. The van der Waals surface area contributed by atoms with E-state index in [0.717, 1.165) is 0 Å². The molecule has 0 spiro atoms. The largest absolute Gasteiger partial charge is 1.00 e. The fraction of sp³-hybridized carbons (Fsp3) is 0. The average molecular weight is 151 g/mol. The molecule has 20 valence electrons. The van der Waals surface area contributed by atoms with Crippen molar-refractivity contribution in [1.29, 1.82) is 0 Å². The molecule has 0 saturated carbocycles. The summed E-state index contributed by atoms with van der Waals surface area (Å²) in [5.41, 5.74) is 0. The van der Waals surface area contributed by atoms with E-state index in [1.165, 1.54) is 0 Å². The van der Waals surface area contributed by atoms with Gasteiger partial charge in [-0.3, -0.25) is 0 Å². The van der Waals surface area contributed by atoms with Gasteiger partial charge in [0.2, 0.25) is 0 Å². The Hall–Kier alpha value is 1.76. The molecule has 0 atom stereocenters. The second-order valence-corrected chi connectivity index (χ2v) is 0.354. The first-order chi connectivity index (χ1) is 1.41. The third-order valence-electron chi connectivity index (χ3n) is 0. The van der Waals surface area contributed by atoms with E-state index in [1.54, 1.807) is 0 Å². The van der Waals surface area contributed by atoms with Gasteiger partial charge in [0, 0.05) is 0 Å². The molecule has 0 aliphatic carbocycles. The second-order valence-electron chi connectivity index (χ2n) is 0.0680. The van der Waals surface area contributed by atoms with Gasteiger partial charge < -0.3 is 1.43 Å². The van der Waals surface area contributed by atoms with Crippen LogP contribution in [-0.2, 0) is 7.67 Å². The van der Waals surface area contributed by atoms with Crippen molar-refractivity contribution in [3.63, 3.8) is 0 Å². The quantitative estimate of drug-likeness (QED) is 0.336. The molecule has 0 fully saturated rings. The molecule has 0 heterocycles. The van der Waals surface area contributed by atoms with Crippen LogP contribution in [0.4, 0.5) is 0 Å². The Labute approximate surface area is 73.8 Å². The molecule has 0 aromatic heterocycles. The van der Waals surface area contributed by atoms with Crippen LogP contribution >= 0.6 is 0 Å². The monoisotopic (exact) mass is 152 g/mol. The first-order valence-corrected chi connectivity index (χ1v) is 1.73. The van der Waals surface area contributed by atoms with Crippen molar-refractivity contribution >= 4 is 14.8 Å². The molecule has 0 aliphatic heterocycles. The molecule has 0 amide bonds. The minimum absolute atomic E-state index is 0. The Morgan fingerprint density at radius 3 is 1.50 bits per heavy atom. The molecule has 0 aromatic carbocycles.